The fourth-order valence-corrected chi connectivity index (χ4v) is 3.39. The first-order valence-electron chi connectivity index (χ1n) is 10.2. The second-order valence-corrected chi connectivity index (χ2v) is 7.03. The van der Waals surface area contributed by atoms with Crippen LogP contribution in [0.15, 0.2) is 42.5 Å². The van der Waals surface area contributed by atoms with Crippen molar-refractivity contribution in [1.29, 1.82) is 0 Å². The normalized spacial score (nSPS) is 11.0. The van der Waals surface area contributed by atoms with Crippen molar-refractivity contribution in [2.45, 2.75) is 19.6 Å². The van der Waals surface area contributed by atoms with E-state index in [1.165, 1.54) is 13.2 Å². The zero-order valence-corrected chi connectivity index (χ0v) is 18.5. The molecule has 174 valence electrons. The van der Waals surface area contributed by atoms with Gasteiger partial charge in [-0.1, -0.05) is 12.0 Å². The zero-order chi connectivity index (χ0) is 24.0. The van der Waals surface area contributed by atoms with Gasteiger partial charge in [0.2, 0.25) is 0 Å². The molecule has 0 aliphatic rings. The van der Waals surface area contributed by atoms with Gasteiger partial charge >= 0.3 is 6.18 Å². The molecule has 33 heavy (non-hydrogen) atoms. The Morgan fingerprint density at radius 1 is 1.15 bits per heavy atom. The first-order valence-corrected chi connectivity index (χ1v) is 10.2. The summed E-state index contributed by atoms with van der Waals surface area (Å²) in [5, 5.41) is 6.33. The van der Waals surface area contributed by atoms with E-state index in [1.54, 1.807) is 43.4 Å². The van der Waals surface area contributed by atoms with Crippen molar-refractivity contribution in [2.24, 2.45) is 0 Å². The highest BCUT2D eigenvalue weighted by molar-refractivity contribution is 5.95. The average molecular weight is 459 g/mol. The fraction of sp³-hybridized carbons (Fsp3) is 0.292. The van der Waals surface area contributed by atoms with E-state index in [0.717, 1.165) is 4.57 Å². The first kappa shape index (κ1) is 23.9. The van der Waals surface area contributed by atoms with Crippen molar-refractivity contribution < 1.29 is 27.4 Å². The predicted molar refractivity (Wildman–Crippen MR) is 121 cm³/mol. The summed E-state index contributed by atoms with van der Waals surface area (Å²) >= 11 is 0. The lowest BCUT2D eigenvalue weighted by atomic mass is 10.2. The second kappa shape index (κ2) is 10.2. The molecule has 3 rings (SSSR count). The van der Waals surface area contributed by atoms with Crippen molar-refractivity contribution in [3.8, 4) is 23.3 Å². The molecule has 0 aliphatic carbocycles. The zero-order valence-electron chi connectivity index (χ0n) is 18.5. The van der Waals surface area contributed by atoms with Crippen molar-refractivity contribution in [1.82, 2.24) is 9.88 Å². The van der Waals surface area contributed by atoms with E-state index in [0.29, 0.717) is 40.2 Å². The fourth-order valence-electron chi connectivity index (χ4n) is 3.39. The van der Waals surface area contributed by atoms with E-state index in [4.69, 9.17) is 9.47 Å². The third kappa shape index (κ3) is 5.71. The topological polar surface area (TPSA) is 64.5 Å². The molecular formula is C24H24F3N3O3. The number of rotatable bonds is 7. The molecule has 0 saturated heterocycles. The van der Waals surface area contributed by atoms with Gasteiger partial charge in [-0.25, -0.2) is 0 Å². The Bertz CT molecular complexity index is 1210. The monoisotopic (exact) mass is 459 g/mol. The molecule has 9 heteroatoms. The van der Waals surface area contributed by atoms with Crippen LogP contribution in [0.3, 0.4) is 0 Å². The van der Waals surface area contributed by atoms with Gasteiger partial charge in [0, 0.05) is 30.2 Å². The molecule has 1 amide bonds. The second-order valence-electron chi connectivity index (χ2n) is 7.03. The highest BCUT2D eigenvalue weighted by atomic mass is 19.4. The summed E-state index contributed by atoms with van der Waals surface area (Å²) in [6.07, 6.45) is -4.40. The quantitative estimate of drug-likeness (QED) is 0.513. The van der Waals surface area contributed by atoms with Crippen LogP contribution >= 0.6 is 0 Å². The molecule has 1 heterocycles. The smallest absolute Gasteiger partial charge is 0.406 e. The highest BCUT2D eigenvalue weighted by Gasteiger charge is 2.29. The Balaban J connectivity index is 1.88. The van der Waals surface area contributed by atoms with Crippen molar-refractivity contribution in [3.05, 3.63) is 53.7 Å². The van der Waals surface area contributed by atoms with E-state index in [1.807, 2.05) is 6.92 Å². The van der Waals surface area contributed by atoms with Crippen molar-refractivity contribution >= 4 is 22.5 Å². The summed E-state index contributed by atoms with van der Waals surface area (Å²) < 4.78 is 51.7. The number of carbonyl (C=O) groups excluding carboxylic acids is 1. The number of alkyl halides is 3. The summed E-state index contributed by atoms with van der Waals surface area (Å²) in [4.78, 5) is 12.1. The molecule has 0 atom stereocenters. The minimum Gasteiger partial charge on any atom is -0.493 e. The number of halogens is 3. The van der Waals surface area contributed by atoms with E-state index >= 15 is 0 Å². The molecule has 0 bridgehead atoms. The lowest BCUT2D eigenvalue weighted by Crippen LogP contribution is -2.22. The number of benzene rings is 2. The van der Waals surface area contributed by atoms with Crippen LogP contribution in [0.2, 0.25) is 0 Å². The van der Waals surface area contributed by atoms with Gasteiger partial charge in [0.25, 0.3) is 5.91 Å². The van der Waals surface area contributed by atoms with Crippen molar-refractivity contribution in [2.75, 3.05) is 32.6 Å². The number of carbonyl (C=O) groups is 1. The Morgan fingerprint density at radius 2 is 1.94 bits per heavy atom. The first-order chi connectivity index (χ1) is 15.8. The lowest BCUT2D eigenvalue weighted by molar-refractivity contribution is -0.140. The number of hydrogen-bond acceptors (Lipinski definition) is 4. The number of methoxy groups -OCH3 is 1. The summed E-state index contributed by atoms with van der Waals surface area (Å²) in [5.74, 6) is 6.01. The predicted octanol–water partition coefficient (Wildman–Crippen LogP) is 4.43. The largest absolute Gasteiger partial charge is 0.493 e. The molecule has 2 aromatic carbocycles. The van der Waals surface area contributed by atoms with Gasteiger partial charge in [-0.15, -0.1) is 0 Å². The lowest BCUT2D eigenvalue weighted by Gasteiger charge is -2.11. The molecule has 0 spiro atoms. The Morgan fingerprint density at radius 3 is 2.61 bits per heavy atom. The minimum atomic E-state index is -4.40. The summed E-state index contributed by atoms with van der Waals surface area (Å²) in [6, 6.07) is 11.5. The molecule has 1 aromatic heterocycles. The number of anilines is 1. The third-order valence-corrected chi connectivity index (χ3v) is 4.83. The number of nitrogens with one attached hydrogen (secondary N) is 2. The molecule has 0 radical (unpaired) electrons. The Kier molecular flexibility index (Phi) is 7.38. The SMILES string of the molecule is CCNC(=O)c1ccc(OC)c(OCC#Cc2cc3c(NC)cccc3n2CC(F)(F)F)c1. The van der Waals surface area contributed by atoms with Gasteiger partial charge in [0.15, 0.2) is 11.5 Å². The maximum Gasteiger partial charge on any atom is 0.406 e. The van der Waals surface area contributed by atoms with Gasteiger partial charge in [0.1, 0.15) is 13.2 Å². The summed E-state index contributed by atoms with van der Waals surface area (Å²) in [6.45, 7) is 1.03. The van der Waals surface area contributed by atoms with E-state index in [-0.39, 0.29) is 18.2 Å². The highest BCUT2D eigenvalue weighted by Crippen LogP contribution is 2.30. The molecule has 3 aromatic rings. The maximum absolute atomic E-state index is 13.2. The van der Waals surface area contributed by atoms with Crippen LogP contribution in [0.1, 0.15) is 23.0 Å². The minimum absolute atomic E-state index is 0.109. The molecule has 0 saturated carbocycles. The Labute approximate surface area is 189 Å². The summed E-state index contributed by atoms with van der Waals surface area (Å²) in [7, 11) is 3.17. The third-order valence-electron chi connectivity index (χ3n) is 4.83. The number of nitrogens with zero attached hydrogens (tertiary/aromatic N) is 1. The molecule has 0 fully saturated rings. The number of aromatic nitrogens is 1. The summed E-state index contributed by atoms with van der Waals surface area (Å²) in [5.41, 5.74) is 1.75. The molecule has 0 aliphatic heterocycles. The van der Waals surface area contributed by atoms with Crippen LogP contribution < -0.4 is 20.1 Å². The van der Waals surface area contributed by atoms with Gasteiger partial charge in [-0.05, 0) is 49.2 Å². The number of fused-ring (bicyclic) bond motifs is 1. The van der Waals surface area contributed by atoms with E-state index in [2.05, 4.69) is 22.5 Å². The van der Waals surface area contributed by atoms with Crippen LogP contribution in [0, 0.1) is 11.8 Å². The van der Waals surface area contributed by atoms with Crippen LogP contribution in [0.5, 0.6) is 11.5 Å². The molecule has 6 nitrogen and oxygen atoms in total. The van der Waals surface area contributed by atoms with Crippen LogP contribution in [-0.4, -0.2) is 44.0 Å². The number of amides is 1. The maximum atomic E-state index is 13.2. The van der Waals surface area contributed by atoms with E-state index < -0.39 is 12.7 Å². The molecule has 2 N–H and O–H groups in total. The standard InChI is InChI=1S/C24H24F3N3O3/c1-4-29-23(31)16-10-11-21(32-3)22(13-16)33-12-6-7-17-14-18-19(28-2)8-5-9-20(18)30(17)15-24(25,26)27/h5,8-11,13-14,28H,4,12,15H2,1-3H3,(H,29,31). The molecular weight excluding hydrogens is 435 g/mol. The van der Waals surface area contributed by atoms with Gasteiger partial charge in [-0.3, -0.25) is 4.79 Å². The van der Waals surface area contributed by atoms with Crippen LogP contribution in [0.4, 0.5) is 18.9 Å². The van der Waals surface area contributed by atoms with Crippen LogP contribution in [0.25, 0.3) is 10.9 Å². The Hall–Kier alpha value is -3.80. The molecule has 0 unspecified atom stereocenters. The average Bonchev–Trinajstić information content (AvgIpc) is 3.12. The van der Waals surface area contributed by atoms with Gasteiger partial charge < -0.3 is 24.7 Å². The number of ether oxygens (including phenoxy) is 2. The van der Waals surface area contributed by atoms with E-state index in [9.17, 15) is 18.0 Å². The van der Waals surface area contributed by atoms with Crippen LogP contribution in [-0.2, 0) is 6.54 Å². The van der Waals surface area contributed by atoms with Gasteiger partial charge in [-0.2, -0.15) is 13.2 Å². The van der Waals surface area contributed by atoms with Crippen molar-refractivity contribution in [3.63, 3.8) is 0 Å². The number of hydrogen-bond donors (Lipinski definition) is 2. The van der Waals surface area contributed by atoms with Gasteiger partial charge in [0.05, 0.1) is 18.3 Å².